The van der Waals surface area contributed by atoms with Crippen LogP contribution in [0.15, 0.2) is 29.2 Å². The normalized spacial score (nSPS) is 15.8. The summed E-state index contributed by atoms with van der Waals surface area (Å²) >= 11 is 5.67. The molecule has 1 aliphatic rings. The van der Waals surface area contributed by atoms with Gasteiger partial charge in [0.05, 0.1) is 4.90 Å². The largest absolute Gasteiger partial charge is 0.243 e. The fraction of sp³-hybridized carbons (Fsp3) is 0.600. The SMILES string of the molecule is CCN(CC1CC1)S(=O)(=O)c1ccc(CCCCl)cc1. The smallest absolute Gasteiger partial charge is 0.207 e. The molecule has 112 valence electrons. The fourth-order valence-corrected chi connectivity index (χ4v) is 3.89. The molecule has 0 saturated heterocycles. The van der Waals surface area contributed by atoms with Gasteiger partial charge in [0.2, 0.25) is 10.0 Å². The van der Waals surface area contributed by atoms with Gasteiger partial charge in [-0.2, -0.15) is 4.31 Å². The Balaban J connectivity index is 2.10. The molecule has 3 nitrogen and oxygen atoms in total. The summed E-state index contributed by atoms with van der Waals surface area (Å²) in [5.41, 5.74) is 1.13. The quantitative estimate of drug-likeness (QED) is 0.690. The first kappa shape index (κ1) is 15.8. The van der Waals surface area contributed by atoms with Gasteiger partial charge >= 0.3 is 0 Å². The van der Waals surface area contributed by atoms with Gasteiger partial charge in [-0.25, -0.2) is 8.42 Å². The van der Waals surface area contributed by atoms with Crippen molar-refractivity contribution in [3.63, 3.8) is 0 Å². The summed E-state index contributed by atoms with van der Waals surface area (Å²) in [5.74, 6) is 1.19. The van der Waals surface area contributed by atoms with E-state index in [9.17, 15) is 8.42 Å². The second-order valence-corrected chi connectivity index (χ2v) is 7.65. The Hall–Kier alpha value is -0.580. The van der Waals surface area contributed by atoms with Gasteiger partial charge in [-0.15, -0.1) is 11.6 Å². The fourth-order valence-electron chi connectivity index (χ4n) is 2.23. The molecule has 2 rings (SSSR count). The number of halogens is 1. The van der Waals surface area contributed by atoms with Gasteiger partial charge in [0, 0.05) is 19.0 Å². The summed E-state index contributed by atoms with van der Waals surface area (Å²) in [6, 6.07) is 7.22. The maximum Gasteiger partial charge on any atom is 0.243 e. The molecule has 1 saturated carbocycles. The van der Waals surface area contributed by atoms with E-state index in [4.69, 9.17) is 11.6 Å². The van der Waals surface area contributed by atoms with Crippen LogP contribution < -0.4 is 0 Å². The van der Waals surface area contributed by atoms with Crippen LogP contribution in [0.25, 0.3) is 0 Å². The van der Waals surface area contributed by atoms with E-state index >= 15 is 0 Å². The number of aryl methyl sites for hydroxylation is 1. The minimum absolute atomic E-state index is 0.398. The molecule has 1 aromatic rings. The lowest BCUT2D eigenvalue weighted by molar-refractivity contribution is 0.412. The molecule has 0 aromatic heterocycles. The minimum Gasteiger partial charge on any atom is -0.207 e. The first-order valence-electron chi connectivity index (χ1n) is 7.23. The summed E-state index contributed by atoms with van der Waals surface area (Å²) in [4.78, 5) is 0.398. The molecule has 0 aliphatic heterocycles. The molecule has 0 radical (unpaired) electrons. The summed E-state index contributed by atoms with van der Waals surface area (Å²) in [6.45, 7) is 3.09. The van der Waals surface area contributed by atoms with Crippen molar-refractivity contribution >= 4 is 21.6 Å². The molecule has 0 unspecified atom stereocenters. The van der Waals surface area contributed by atoms with Gasteiger partial charge in [-0.3, -0.25) is 0 Å². The highest BCUT2D eigenvalue weighted by Gasteiger charge is 2.30. The first-order chi connectivity index (χ1) is 9.57. The van der Waals surface area contributed by atoms with E-state index in [0.717, 1.165) is 31.2 Å². The Morgan fingerprint density at radius 3 is 2.40 bits per heavy atom. The summed E-state index contributed by atoms with van der Waals surface area (Å²) < 4.78 is 26.7. The molecular weight excluding hydrogens is 294 g/mol. The predicted molar refractivity (Wildman–Crippen MR) is 82.6 cm³/mol. The monoisotopic (exact) mass is 315 g/mol. The topological polar surface area (TPSA) is 37.4 Å². The van der Waals surface area contributed by atoms with Gasteiger partial charge < -0.3 is 0 Å². The number of sulfonamides is 1. The van der Waals surface area contributed by atoms with Crippen LogP contribution in [0.2, 0.25) is 0 Å². The molecule has 0 heterocycles. The zero-order valence-electron chi connectivity index (χ0n) is 11.9. The Bertz CT molecular complexity index is 523. The van der Waals surface area contributed by atoms with Gasteiger partial charge in [0.1, 0.15) is 0 Å². The summed E-state index contributed by atoms with van der Waals surface area (Å²) in [7, 11) is -3.34. The molecule has 0 spiro atoms. The number of benzene rings is 1. The van der Waals surface area contributed by atoms with Crippen molar-refractivity contribution in [2.45, 2.75) is 37.5 Å². The van der Waals surface area contributed by atoms with Crippen molar-refractivity contribution in [2.24, 2.45) is 5.92 Å². The Kier molecular flexibility index (Phi) is 5.47. The van der Waals surface area contributed by atoms with Crippen molar-refractivity contribution < 1.29 is 8.42 Å². The predicted octanol–water partition coefficient (Wildman–Crippen LogP) is 3.28. The third kappa shape index (κ3) is 3.96. The molecule has 0 bridgehead atoms. The van der Waals surface area contributed by atoms with Crippen LogP contribution in [0.3, 0.4) is 0 Å². The maximum atomic E-state index is 12.6. The maximum absolute atomic E-state index is 12.6. The highest BCUT2D eigenvalue weighted by atomic mass is 35.5. The molecule has 1 aliphatic carbocycles. The van der Waals surface area contributed by atoms with E-state index in [1.165, 1.54) is 0 Å². The van der Waals surface area contributed by atoms with Crippen LogP contribution in [-0.4, -0.2) is 31.7 Å². The molecule has 5 heteroatoms. The number of rotatable bonds is 8. The Morgan fingerprint density at radius 2 is 1.90 bits per heavy atom. The highest BCUT2D eigenvalue weighted by Crippen LogP contribution is 2.31. The number of nitrogens with zero attached hydrogens (tertiary/aromatic N) is 1. The van der Waals surface area contributed by atoms with Crippen molar-refractivity contribution in [3.8, 4) is 0 Å². The van der Waals surface area contributed by atoms with Crippen molar-refractivity contribution in [1.82, 2.24) is 4.31 Å². The lowest BCUT2D eigenvalue weighted by atomic mass is 10.1. The molecule has 1 fully saturated rings. The third-order valence-corrected chi connectivity index (χ3v) is 5.89. The summed E-state index contributed by atoms with van der Waals surface area (Å²) in [5, 5.41) is 0. The van der Waals surface area contributed by atoms with E-state index in [1.54, 1.807) is 16.4 Å². The van der Waals surface area contributed by atoms with Gasteiger partial charge in [0.15, 0.2) is 0 Å². The van der Waals surface area contributed by atoms with Gasteiger partial charge in [-0.05, 0) is 49.3 Å². The molecular formula is C15H22ClNO2S. The average molecular weight is 316 g/mol. The second-order valence-electron chi connectivity index (χ2n) is 5.34. The van der Waals surface area contributed by atoms with Crippen LogP contribution in [0.5, 0.6) is 0 Å². The van der Waals surface area contributed by atoms with Crippen LogP contribution in [-0.2, 0) is 16.4 Å². The van der Waals surface area contributed by atoms with Crippen LogP contribution in [0.1, 0.15) is 31.7 Å². The Labute approximate surface area is 127 Å². The third-order valence-electron chi connectivity index (χ3n) is 3.67. The van der Waals surface area contributed by atoms with Crippen LogP contribution in [0, 0.1) is 5.92 Å². The molecule has 0 amide bonds. The van der Waals surface area contributed by atoms with Crippen LogP contribution >= 0.6 is 11.6 Å². The van der Waals surface area contributed by atoms with E-state index < -0.39 is 10.0 Å². The van der Waals surface area contributed by atoms with E-state index in [2.05, 4.69) is 0 Å². The van der Waals surface area contributed by atoms with Crippen LogP contribution in [0.4, 0.5) is 0 Å². The van der Waals surface area contributed by atoms with E-state index in [0.29, 0.717) is 29.8 Å². The number of hydrogen-bond acceptors (Lipinski definition) is 2. The van der Waals surface area contributed by atoms with Crippen molar-refractivity contribution in [1.29, 1.82) is 0 Å². The second kappa shape index (κ2) is 6.92. The standard InChI is InChI=1S/C15H22ClNO2S/c1-2-17(12-14-5-6-14)20(18,19)15-9-7-13(8-10-15)4-3-11-16/h7-10,14H,2-6,11-12H2,1H3. The number of hydrogen-bond donors (Lipinski definition) is 0. The highest BCUT2D eigenvalue weighted by molar-refractivity contribution is 7.89. The first-order valence-corrected chi connectivity index (χ1v) is 9.20. The van der Waals surface area contributed by atoms with E-state index in [1.807, 2.05) is 19.1 Å². The molecule has 0 atom stereocenters. The zero-order valence-corrected chi connectivity index (χ0v) is 13.5. The van der Waals surface area contributed by atoms with Crippen molar-refractivity contribution in [2.75, 3.05) is 19.0 Å². The minimum atomic E-state index is -3.34. The number of alkyl halides is 1. The average Bonchev–Trinajstić information content (AvgIpc) is 3.26. The zero-order chi connectivity index (χ0) is 14.6. The molecule has 20 heavy (non-hydrogen) atoms. The van der Waals surface area contributed by atoms with Crippen molar-refractivity contribution in [3.05, 3.63) is 29.8 Å². The molecule has 0 N–H and O–H groups in total. The molecule has 1 aromatic carbocycles. The van der Waals surface area contributed by atoms with Gasteiger partial charge in [-0.1, -0.05) is 19.1 Å². The lowest BCUT2D eigenvalue weighted by Crippen LogP contribution is -2.32. The van der Waals surface area contributed by atoms with Gasteiger partial charge in [0.25, 0.3) is 0 Å². The summed E-state index contributed by atoms with van der Waals surface area (Å²) in [6.07, 6.45) is 4.12. The lowest BCUT2D eigenvalue weighted by Gasteiger charge is -2.20. The Morgan fingerprint density at radius 1 is 1.25 bits per heavy atom. The van der Waals surface area contributed by atoms with E-state index in [-0.39, 0.29) is 0 Å².